The van der Waals surface area contributed by atoms with Gasteiger partial charge in [0.2, 0.25) is 0 Å². The summed E-state index contributed by atoms with van der Waals surface area (Å²) in [5.74, 6) is 0. The highest BCUT2D eigenvalue weighted by Crippen LogP contribution is 2.21. The summed E-state index contributed by atoms with van der Waals surface area (Å²) < 4.78 is 4.89. The van der Waals surface area contributed by atoms with Crippen LogP contribution in [0.4, 0.5) is 5.69 Å². The average Bonchev–Trinajstić information content (AvgIpc) is 3.08. The minimum absolute atomic E-state index is 0.857. The van der Waals surface area contributed by atoms with Crippen LogP contribution in [-0.2, 0) is 6.54 Å². The predicted octanol–water partition coefficient (Wildman–Crippen LogP) is 1.94. The van der Waals surface area contributed by atoms with Crippen molar-refractivity contribution in [2.24, 2.45) is 0 Å². The van der Waals surface area contributed by atoms with E-state index < -0.39 is 0 Å². The Hall–Kier alpha value is -2.47. The first-order valence-electron chi connectivity index (χ1n) is 7.45. The number of nitrogens with zero attached hydrogens (tertiary/aromatic N) is 5. The molecule has 3 heterocycles. The maximum absolute atomic E-state index is 4.89. The fourth-order valence-corrected chi connectivity index (χ4v) is 2.88. The fraction of sp³-hybridized carbons (Fsp3) is 0.312. The van der Waals surface area contributed by atoms with Gasteiger partial charge in [-0.1, -0.05) is 5.16 Å². The molecule has 2 aromatic heterocycles. The van der Waals surface area contributed by atoms with Crippen molar-refractivity contribution < 1.29 is 4.52 Å². The van der Waals surface area contributed by atoms with Gasteiger partial charge in [-0.05, 0) is 18.2 Å². The molecular weight excluding hydrogens is 278 g/mol. The smallest absolute Gasteiger partial charge is 0.124 e. The molecule has 6 nitrogen and oxygen atoms in total. The summed E-state index contributed by atoms with van der Waals surface area (Å²) in [4.78, 5) is 13.2. The summed E-state index contributed by atoms with van der Waals surface area (Å²) in [6.07, 6.45) is 5.08. The first kappa shape index (κ1) is 13.2. The van der Waals surface area contributed by atoms with Crippen LogP contribution < -0.4 is 4.90 Å². The van der Waals surface area contributed by atoms with Crippen molar-refractivity contribution in [2.45, 2.75) is 6.54 Å². The summed E-state index contributed by atoms with van der Waals surface area (Å²) in [6, 6.07) is 8.30. The predicted molar refractivity (Wildman–Crippen MR) is 83.5 cm³/mol. The van der Waals surface area contributed by atoms with E-state index >= 15 is 0 Å². The lowest BCUT2D eigenvalue weighted by molar-refractivity contribution is 0.242. The lowest BCUT2D eigenvalue weighted by Crippen LogP contribution is -2.46. The standard InChI is InChI=1S/C16H17N5O/c1-2-16-13(10-17-12-18-16)9-15(1)21-6-4-20(5-7-21)11-14-3-8-22-19-14/h1-3,8-10,12H,4-7,11H2. The molecule has 0 amide bonds. The Morgan fingerprint density at radius 1 is 1.09 bits per heavy atom. The van der Waals surface area contributed by atoms with Crippen LogP contribution in [0.3, 0.4) is 0 Å². The molecule has 1 aliphatic rings. The van der Waals surface area contributed by atoms with Gasteiger partial charge in [0.05, 0.1) is 11.2 Å². The maximum atomic E-state index is 4.89. The lowest BCUT2D eigenvalue weighted by atomic mass is 10.2. The van der Waals surface area contributed by atoms with Crippen molar-refractivity contribution in [1.29, 1.82) is 0 Å². The van der Waals surface area contributed by atoms with E-state index in [2.05, 4.69) is 43.1 Å². The molecule has 0 bridgehead atoms. The molecule has 0 radical (unpaired) electrons. The van der Waals surface area contributed by atoms with E-state index in [-0.39, 0.29) is 0 Å². The Kier molecular flexibility index (Phi) is 3.44. The van der Waals surface area contributed by atoms with Gasteiger partial charge in [-0.25, -0.2) is 9.97 Å². The molecule has 1 saturated heterocycles. The molecule has 22 heavy (non-hydrogen) atoms. The minimum atomic E-state index is 0.857. The molecule has 6 heteroatoms. The Bertz CT molecular complexity index is 750. The number of piperazine rings is 1. The van der Waals surface area contributed by atoms with Crippen molar-refractivity contribution in [3.63, 3.8) is 0 Å². The highest BCUT2D eigenvalue weighted by molar-refractivity contribution is 5.81. The Balaban J connectivity index is 1.43. The van der Waals surface area contributed by atoms with Crippen LogP contribution in [-0.4, -0.2) is 46.2 Å². The van der Waals surface area contributed by atoms with Crippen LogP contribution in [0, 0.1) is 0 Å². The number of hydrogen-bond donors (Lipinski definition) is 0. The zero-order chi connectivity index (χ0) is 14.8. The first-order chi connectivity index (χ1) is 10.9. The van der Waals surface area contributed by atoms with Crippen LogP contribution in [0.25, 0.3) is 10.9 Å². The van der Waals surface area contributed by atoms with Gasteiger partial charge in [-0.3, -0.25) is 4.90 Å². The zero-order valence-electron chi connectivity index (χ0n) is 12.2. The summed E-state index contributed by atoms with van der Waals surface area (Å²) in [6.45, 7) is 4.93. The van der Waals surface area contributed by atoms with Crippen molar-refractivity contribution in [3.8, 4) is 0 Å². The molecule has 0 aliphatic carbocycles. The molecule has 3 aromatic rings. The normalized spacial score (nSPS) is 16.3. The molecule has 1 fully saturated rings. The summed E-state index contributed by atoms with van der Waals surface area (Å²) in [5, 5.41) is 5.07. The molecule has 0 unspecified atom stereocenters. The number of anilines is 1. The van der Waals surface area contributed by atoms with E-state index in [0.29, 0.717) is 0 Å². The monoisotopic (exact) mass is 295 g/mol. The molecule has 112 valence electrons. The van der Waals surface area contributed by atoms with Crippen molar-refractivity contribution in [1.82, 2.24) is 20.0 Å². The molecule has 0 atom stereocenters. The number of aromatic nitrogens is 3. The third-order valence-electron chi connectivity index (χ3n) is 4.10. The summed E-state index contributed by atoms with van der Waals surface area (Å²) in [5.41, 5.74) is 3.23. The lowest BCUT2D eigenvalue weighted by Gasteiger charge is -2.35. The van der Waals surface area contributed by atoms with Crippen LogP contribution >= 0.6 is 0 Å². The molecule has 0 saturated carbocycles. The number of benzene rings is 1. The summed E-state index contributed by atoms with van der Waals surface area (Å²) >= 11 is 0. The topological polar surface area (TPSA) is 58.3 Å². The maximum Gasteiger partial charge on any atom is 0.124 e. The van der Waals surface area contributed by atoms with E-state index in [9.17, 15) is 0 Å². The van der Waals surface area contributed by atoms with E-state index in [4.69, 9.17) is 4.52 Å². The number of rotatable bonds is 3. The highest BCUT2D eigenvalue weighted by atomic mass is 16.5. The number of hydrogen-bond acceptors (Lipinski definition) is 6. The van der Waals surface area contributed by atoms with Gasteiger partial charge in [0.25, 0.3) is 0 Å². The first-order valence-corrected chi connectivity index (χ1v) is 7.45. The Morgan fingerprint density at radius 2 is 2.00 bits per heavy atom. The Morgan fingerprint density at radius 3 is 2.82 bits per heavy atom. The second-order valence-corrected chi connectivity index (χ2v) is 5.52. The molecule has 1 aliphatic heterocycles. The quantitative estimate of drug-likeness (QED) is 0.736. The highest BCUT2D eigenvalue weighted by Gasteiger charge is 2.18. The number of fused-ring (bicyclic) bond motifs is 1. The fourth-order valence-electron chi connectivity index (χ4n) is 2.88. The van der Waals surface area contributed by atoms with Crippen LogP contribution in [0.1, 0.15) is 5.69 Å². The zero-order valence-corrected chi connectivity index (χ0v) is 12.2. The van der Waals surface area contributed by atoms with Gasteiger partial charge >= 0.3 is 0 Å². The largest absolute Gasteiger partial charge is 0.369 e. The van der Waals surface area contributed by atoms with Gasteiger partial charge in [-0.2, -0.15) is 0 Å². The second-order valence-electron chi connectivity index (χ2n) is 5.52. The Labute approximate surface area is 128 Å². The molecular formula is C16H17N5O. The van der Waals surface area contributed by atoms with Gasteiger partial charge in [-0.15, -0.1) is 0 Å². The van der Waals surface area contributed by atoms with E-state index in [0.717, 1.165) is 49.3 Å². The average molecular weight is 295 g/mol. The second kappa shape index (κ2) is 5.73. The van der Waals surface area contributed by atoms with Gasteiger partial charge < -0.3 is 9.42 Å². The van der Waals surface area contributed by atoms with Gasteiger partial charge in [0.1, 0.15) is 12.6 Å². The van der Waals surface area contributed by atoms with Crippen LogP contribution in [0.5, 0.6) is 0 Å². The molecule has 4 rings (SSSR count). The van der Waals surface area contributed by atoms with Crippen molar-refractivity contribution in [2.75, 3.05) is 31.1 Å². The minimum Gasteiger partial charge on any atom is -0.369 e. The van der Waals surface area contributed by atoms with Crippen molar-refractivity contribution >= 4 is 16.6 Å². The van der Waals surface area contributed by atoms with Gasteiger partial charge in [0, 0.05) is 56.1 Å². The van der Waals surface area contributed by atoms with Crippen LogP contribution in [0.2, 0.25) is 0 Å². The SMILES string of the molecule is c1ncc2cc(N3CCN(Cc4ccon4)CC3)ccc2n1. The third kappa shape index (κ3) is 2.65. The van der Waals surface area contributed by atoms with Gasteiger partial charge in [0.15, 0.2) is 0 Å². The molecule has 0 N–H and O–H groups in total. The summed E-state index contributed by atoms with van der Waals surface area (Å²) in [7, 11) is 0. The molecule has 1 aromatic carbocycles. The van der Waals surface area contributed by atoms with E-state index in [1.54, 1.807) is 12.6 Å². The van der Waals surface area contributed by atoms with Crippen molar-refractivity contribution in [3.05, 3.63) is 48.7 Å². The molecule has 0 spiro atoms. The third-order valence-corrected chi connectivity index (χ3v) is 4.10. The van der Waals surface area contributed by atoms with Crippen LogP contribution in [0.15, 0.2) is 47.6 Å². The van der Waals surface area contributed by atoms with E-state index in [1.165, 1.54) is 5.69 Å². The van der Waals surface area contributed by atoms with E-state index in [1.807, 2.05) is 12.3 Å².